The first-order chi connectivity index (χ1) is 8.74. The molecule has 1 N–H and O–H groups in total. The maximum absolute atomic E-state index is 11.3. The van der Waals surface area contributed by atoms with Crippen LogP contribution in [0.25, 0.3) is 6.08 Å². The zero-order valence-electron chi connectivity index (χ0n) is 10.0. The van der Waals surface area contributed by atoms with Gasteiger partial charge in [-0.2, -0.15) is 0 Å². The summed E-state index contributed by atoms with van der Waals surface area (Å²) in [5.74, 6) is 0.0455. The van der Waals surface area contributed by atoms with E-state index < -0.39 is 6.10 Å². The highest BCUT2D eigenvalue weighted by Gasteiger charge is 2.48. The lowest BCUT2D eigenvalue weighted by Crippen LogP contribution is -2.17. The zero-order valence-corrected chi connectivity index (χ0v) is 10.0. The number of aliphatic hydroxyl groups is 1. The lowest BCUT2D eigenvalue weighted by molar-refractivity contribution is -0.141. The van der Waals surface area contributed by atoms with E-state index in [1.165, 1.54) is 0 Å². The summed E-state index contributed by atoms with van der Waals surface area (Å²) in [4.78, 5) is 11.3. The lowest BCUT2D eigenvalue weighted by atomic mass is 9.91. The molecule has 3 heteroatoms. The number of esters is 1. The highest BCUT2D eigenvalue weighted by atomic mass is 16.6. The SMILES string of the molecule is O=C1C[C@@H]2[C@@H](/C=C/c3ccccc3)[C@H](O)C[C@@H]2O1. The molecule has 0 unspecified atom stereocenters. The van der Waals surface area contributed by atoms with Gasteiger partial charge >= 0.3 is 5.97 Å². The summed E-state index contributed by atoms with van der Waals surface area (Å²) < 4.78 is 5.21. The summed E-state index contributed by atoms with van der Waals surface area (Å²) in [6.45, 7) is 0. The Labute approximate surface area is 106 Å². The van der Waals surface area contributed by atoms with E-state index >= 15 is 0 Å². The fourth-order valence-corrected chi connectivity index (χ4v) is 2.97. The molecular formula is C15H16O3. The van der Waals surface area contributed by atoms with Gasteiger partial charge in [0.05, 0.1) is 12.5 Å². The molecule has 1 saturated carbocycles. The quantitative estimate of drug-likeness (QED) is 0.809. The molecule has 1 aliphatic heterocycles. The number of benzene rings is 1. The third-order valence-electron chi connectivity index (χ3n) is 3.89. The minimum Gasteiger partial charge on any atom is -0.462 e. The lowest BCUT2D eigenvalue weighted by Gasteiger charge is -2.14. The Balaban J connectivity index is 1.76. The molecule has 0 aromatic heterocycles. The zero-order chi connectivity index (χ0) is 12.5. The summed E-state index contributed by atoms with van der Waals surface area (Å²) in [7, 11) is 0. The van der Waals surface area contributed by atoms with Gasteiger partial charge in [0.2, 0.25) is 0 Å². The minimum absolute atomic E-state index is 0.0293. The molecule has 2 aliphatic rings. The summed E-state index contributed by atoms with van der Waals surface area (Å²) >= 11 is 0. The number of hydrogen-bond acceptors (Lipinski definition) is 3. The first-order valence-electron chi connectivity index (χ1n) is 6.35. The van der Waals surface area contributed by atoms with E-state index in [1.807, 2.05) is 42.5 Å². The molecule has 1 aromatic rings. The van der Waals surface area contributed by atoms with Crippen LogP contribution in [0.2, 0.25) is 0 Å². The van der Waals surface area contributed by atoms with Gasteiger partial charge in [0, 0.05) is 18.3 Å². The summed E-state index contributed by atoms with van der Waals surface area (Å²) in [6.07, 6.45) is 4.56. The van der Waals surface area contributed by atoms with Crippen molar-refractivity contribution in [2.24, 2.45) is 11.8 Å². The fourth-order valence-electron chi connectivity index (χ4n) is 2.97. The monoisotopic (exact) mass is 244 g/mol. The highest BCUT2D eigenvalue weighted by Crippen LogP contribution is 2.42. The molecule has 18 heavy (non-hydrogen) atoms. The Bertz CT molecular complexity index is 466. The second-order valence-electron chi connectivity index (χ2n) is 5.05. The van der Waals surface area contributed by atoms with E-state index in [0.717, 1.165) is 5.56 Å². The van der Waals surface area contributed by atoms with Crippen LogP contribution >= 0.6 is 0 Å². The van der Waals surface area contributed by atoms with Crippen LogP contribution in [0.3, 0.4) is 0 Å². The van der Waals surface area contributed by atoms with Gasteiger partial charge in [0.15, 0.2) is 0 Å². The molecule has 0 spiro atoms. The normalized spacial score (nSPS) is 34.8. The van der Waals surface area contributed by atoms with E-state index in [2.05, 4.69) is 0 Å². The van der Waals surface area contributed by atoms with E-state index in [0.29, 0.717) is 12.8 Å². The average Bonchev–Trinajstić information content (AvgIpc) is 2.84. The Hall–Kier alpha value is -1.61. The molecule has 1 heterocycles. The topological polar surface area (TPSA) is 46.5 Å². The van der Waals surface area contributed by atoms with Crippen molar-refractivity contribution in [3.63, 3.8) is 0 Å². The summed E-state index contributed by atoms with van der Waals surface area (Å²) in [5.41, 5.74) is 1.11. The van der Waals surface area contributed by atoms with Crippen molar-refractivity contribution in [2.45, 2.75) is 25.0 Å². The predicted molar refractivity (Wildman–Crippen MR) is 67.6 cm³/mol. The van der Waals surface area contributed by atoms with E-state index in [9.17, 15) is 9.90 Å². The molecule has 1 saturated heterocycles. The number of fused-ring (bicyclic) bond motifs is 1. The molecule has 0 radical (unpaired) electrons. The summed E-state index contributed by atoms with van der Waals surface area (Å²) in [6, 6.07) is 9.98. The maximum atomic E-state index is 11.3. The van der Waals surface area contributed by atoms with Crippen LogP contribution in [-0.4, -0.2) is 23.3 Å². The van der Waals surface area contributed by atoms with Crippen LogP contribution < -0.4 is 0 Å². The van der Waals surface area contributed by atoms with Crippen molar-refractivity contribution >= 4 is 12.0 Å². The van der Waals surface area contributed by atoms with Gasteiger partial charge in [0.1, 0.15) is 6.10 Å². The van der Waals surface area contributed by atoms with Gasteiger partial charge in [-0.15, -0.1) is 0 Å². The number of hydrogen-bond donors (Lipinski definition) is 1. The summed E-state index contributed by atoms with van der Waals surface area (Å²) in [5, 5.41) is 10.0. The molecule has 1 aromatic carbocycles. The number of carbonyl (C=O) groups is 1. The van der Waals surface area contributed by atoms with Crippen molar-refractivity contribution in [1.29, 1.82) is 0 Å². The molecule has 2 fully saturated rings. The van der Waals surface area contributed by atoms with E-state index in [1.54, 1.807) is 0 Å². The van der Waals surface area contributed by atoms with Gasteiger partial charge in [-0.3, -0.25) is 4.79 Å². The van der Waals surface area contributed by atoms with Gasteiger partial charge in [-0.1, -0.05) is 42.5 Å². The smallest absolute Gasteiger partial charge is 0.306 e. The number of rotatable bonds is 2. The van der Waals surface area contributed by atoms with Gasteiger partial charge in [-0.05, 0) is 5.56 Å². The van der Waals surface area contributed by atoms with Crippen molar-refractivity contribution in [3.05, 3.63) is 42.0 Å². The van der Waals surface area contributed by atoms with Crippen molar-refractivity contribution in [2.75, 3.05) is 0 Å². The largest absolute Gasteiger partial charge is 0.462 e. The molecule has 0 bridgehead atoms. The minimum atomic E-state index is -0.395. The van der Waals surface area contributed by atoms with Crippen LogP contribution in [0, 0.1) is 11.8 Å². The molecule has 3 rings (SSSR count). The van der Waals surface area contributed by atoms with Crippen LogP contribution in [0.5, 0.6) is 0 Å². The van der Waals surface area contributed by atoms with E-state index in [4.69, 9.17) is 4.74 Å². The first-order valence-corrected chi connectivity index (χ1v) is 6.35. The van der Waals surface area contributed by atoms with Crippen molar-refractivity contribution in [1.82, 2.24) is 0 Å². The van der Waals surface area contributed by atoms with Crippen LogP contribution in [0.4, 0.5) is 0 Å². The molecule has 3 nitrogen and oxygen atoms in total. The second kappa shape index (κ2) is 4.58. The molecule has 0 amide bonds. The Morgan fingerprint density at radius 3 is 2.83 bits per heavy atom. The van der Waals surface area contributed by atoms with Gasteiger partial charge in [0.25, 0.3) is 0 Å². The average molecular weight is 244 g/mol. The Morgan fingerprint density at radius 2 is 2.06 bits per heavy atom. The van der Waals surface area contributed by atoms with Crippen LogP contribution in [-0.2, 0) is 9.53 Å². The predicted octanol–water partition coefficient (Wildman–Crippen LogP) is 2.01. The van der Waals surface area contributed by atoms with Gasteiger partial charge < -0.3 is 9.84 Å². The highest BCUT2D eigenvalue weighted by molar-refractivity contribution is 5.72. The molecule has 94 valence electrons. The van der Waals surface area contributed by atoms with Crippen molar-refractivity contribution in [3.8, 4) is 0 Å². The standard InChI is InChI=1S/C15H16O3/c16-13-9-14-12(8-15(17)18-14)11(13)7-6-10-4-2-1-3-5-10/h1-7,11-14,16H,8-9H2/b7-6+/t11-,12-,13-,14+/m1/s1. The first kappa shape index (κ1) is 11.5. The van der Waals surface area contributed by atoms with Crippen LogP contribution in [0.15, 0.2) is 36.4 Å². The van der Waals surface area contributed by atoms with E-state index in [-0.39, 0.29) is 23.9 Å². The molecule has 1 aliphatic carbocycles. The van der Waals surface area contributed by atoms with Crippen molar-refractivity contribution < 1.29 is 14.6 Å². The second-order valence-corrected chi connectivity index (χ2v) is 5.05. The number of aliphatic hydroxyl groups excluding tert-OH is 1. The maximum Gasteiger partial charge on any atom is 0.306 e. The van der Waals surface area contributed by atoms with Crippen LogP contribution in [0.1, 0.15) is 18.4 Å². The third kappa shape index (κ3) is 2.06. The molecule has 4 atom stereocenters. The molecular weight excluding hydrogens is 228 g/mol. The number of carbonyl (C=O) groups excluding carboxylic acids is 1. The Kier molecular flexibility index (Phi) is 2.92. The number of ether oxygens (including phenoxy) is 1. The fraction of sp³-hybridized carbons (Fsp3) is 0.400. The third-order valence-corrected chi connectivity index (χ3v) is 3.89. The van der Waals surface area contributed by atoms with Gasteiger partial charge in [-0.25, -0.2) is 0 Å². The Morgan fingerprint density at radius 1 is 1.28 bits per heavy atom.